The van der Waals surface area contributed by atoms with Gasteiger partial charge in [-0.2, -0.15) is 0 Å². The second kappa shape index (κ2) is 34.2. The summed E-state index contributed by atoms with van der Waals surface area (Å²) in [5.74, 6) is -0.956. The molecule has 2 aliphatic heterocycles. The van der Waals surface area contributed by atoms with Crippen LogP contribution in [0.2, 0.25) is 0 Å². The van der Waals surface area contributed by atoms with Crippen molar-refractivity contribution in [3.05, 3.63) is 36.5 Å². The third-order valence-corrected chi connectivity index (χ3v) is 10.8. The molecule has 0 saturated carbocycles. The van der Waals surface area contributed by atoms with E-state index in [1.165, 1.54) is 25.7 Å². The Kier molecular flexibility index (Phi) is 30.7. The van der Waals surface area contributed by atoms with Gasteiger partial charge in [0.05, 0.1) is 19.8 Å². The highest BCUT2D eigenvalue weighted by Gasteiger charge is 2.47. The molecule has 2 aliphatic rings. The molecular weight excluding hydrogens is 792 g/mol. The van der Waals surface area contributed by atoms with Gasteiger partial charge in [-0.3, -0.25) is 9.59 Å². The molecule has 0 amide bonds. The molecule has 2 saturated heterocycles. The van der Waals surface area contributed by atoms with Crippen LogP contribution in [0.5, 0.6) is 0 Å². The van der Waals surface area contributed by atoms with Crippen molar-refractivity contribution >= 4 is 11.9 Å². The fourth-order valence-electron chi connectivity index (χ4n) is 6.92. The number of aliphatic hydroxyl groups is 7. The number of ether oxygens (including phenoxy) is 6. The minimum absolute atomic E-state index is 0.151. The molecule has 2 heterocycles. The molecule has 2 fully saturated rings. The highest BCUT2D eigenvalue weighted by atomic mass is 16.7. The van der Waals surface area contributed by atoms with Gasteiger partial charge in [0.15, 0.2) is 18.7 Å². The van der Waals surface area contributed by atoms with Crippen molar-refractivity contribution in [2.75, 3.05) is 26.4 Å². The molecule has 0 spiro atoms. The molecule has 0 radical (unpaired) electrons. The first-order valence-electron chi connectivity index (χ1n) is 23.1. The molecule has 0 aromatic rings. The lowest BCUT2D eigenvalue weighted by Crippen LogP contribution is -2.61. The van der Waals surface area contributed by atoms with Crippen molar-refractivity contribution in [2.45, 2.75) is 216 Å². The largest absolute Gasteiger partial charge is 0.462 e. The number of esters is 2. The van der Waals surface area contributed by atoms with E-state index in [-0.39, 0.29) is 26.1 Å². The zero-order chi connectivity index (χ0) is 44.7. The average molecular weight is 873 g/mol. The van der Waals surface area contributed by atoms with Crippen LogP contribution in [0.1, 0.15) is 149 Å². The van der Waals surface area contributed by atoms with Gasteiger partial charge in [0.2, 0.25) is 0 Å². The van der Waals surface area contributed by atoms with E-state index >= 15 is 0 Å². The summed E-state index contributed by atoms with van der Waals surface area (Å²) in [6.45, 7) is 2.46. The average Bonchev–Trinajstić information content (AvgIpc) is 3.25. The molecule has 2 rings (SSSR count). The van der Waals surface area contributed by atoms with Gasteiger partial charge in [0, 0.05) is 12.8 Å². The Morgan fingerprint density at radius 1 is 0.525 bits per heavy atom. The molecule has 7 N–H and O–H groups in total. The normalized spacial score (nSPS) is 27.6. The number of unbranched alkanes of at least 4 members (excludes halogenated alkanes) is 14. The summed E-state index contributed by atoms with van der Waals surface area (Å²) in [5, 5.41) is 71.8. The van der Waals surface area contributed by atoms with Gasteiger partial charge >= 0.3 is 11.9 Å². The highest BCUT2D eigenvalue weighted by molar-refractivity contribution is 5.70. The van der Waals surface area contributed by atoms with Crippen molar-refractivity contribution < 1.29 is 73.8 Å². The van der Waals surface area contributed by atoms with Crippen LogP contribution >= 0.6 is 0 Å². The molecule has 15 nitrogen and oxygen atoms in total. The van der Waals surface area contributed by atoms with Crippen LogP contribution in [-0.2, 0) is 38.0 Å². The van der Waals surface area contributed by atoms with Gasteiger partial charge in [0.25, 0.3) is 0 Å². The lowest BCUT2D eigenvalue weighted by molar-refractivity contribution is -0.332. The monoisotopic (exact) mass is 873 g/mol. The predicted octanol–water partition coefficient (Wildman–Crippen LogP) is 4.98. The lowest BCUT2D eigenvalue weighted by Gasteiger charge is -2.42. The summed E-state index contributed by atoms with van der Waals surface area (Å²) in [7, 11) is 0. The molecule has 15 heteroatoms. The summed E-state index contributed by atoms with van der Waals surface area (Å²) in [5.41, 5.74) is 0. The Balaban J connectivity index is 1.86. The predicted molar refractivity (Wildman–Crippen MR) is 229 cm³/mol. The van der Waals surface area contributed by atoms with Crippen molar-refractivity contribution in [3.8, 4) is 0 Å². The summed E-state index contributed by atoms with van der Waals surface area (Å²) in [6, 6.07) is 0. The number of carbonyl (C=O) groups is 2. The number of allylic oxidation sites excluding steroid dienone is 6. The van der Waals surface area contributed by atoms with Crippen LogP contribution in [0.3, 0.4) is 0 Å². The maximum Gasteiger partial charge on any atom is 0.306 e. The Morgan fingerprint density at radius 2 is 0.984 bits per heavy atom. The highest BCUT2D eigenvalue weighted by Crippen LogP contribution is 2.26. The molecule has 0 aromatic carbocycles. The van der Waals surface area contributed by atoms with Crippen LogP contribution < -0.4 is 0 Å². The summed E-state index contributed by atoms with van der Waals surface area (Å²) in [4.78, 5) is 25.6. The first kappa shape index (κ1) is 54.9. The SMILES string of the molecule is CCCC/C=C/C/C=C/CCCCCCCC(=O)OC[C@H](CO[C@@H]1O[C@H](CO[C@@H]2O[C@H](CO)[C@H](O)C(O)C2O)[C@H](O)C(O)C1O)OC(=O)CCCCCCC/C=C/CCCC. The number of hydrogen-bond donors (Lipinski definition) is 7. The van der Waals surface area contributed by atoms with Gasteiger partial charge in [0.1, 0.15) is 55.4 Å². The van der Waals surface area contributed by atoms with Crippen LogP contribution in [0.25, 0.3) is 0 Å². The van der Waals surface area contributed by atoms with E-state index in [1.807, 2.05) is 0 Å². The smallest absolute Gasteiger partial charge is 0.306 e. The van der Waals surface area contributed by atoms with Gasteiger partial charge in [-0.15, -0.1) is 0 Å². The van der Waals surface area contributed by atoms with E-state index in [0.29, 0.717) is 12.8 Å². The number of rotatable bonds is 34. The standard InChI is InChI=1S/C46H80O15/c1-3-5-7-9-11-13-15-16-17-19-20-22-24-26-28-37(48)56-31-34(59-38(49)29-27-25-23-21-18-14-12-10-8-6-4-2)32-57-45-44(55)42(53)40(51)36(61-45)33-58-46-43(54)41(52)39(50)35(30-47)60-46/h9-12,15-16,34-36,39-47,50-55H,3-8,13-14,17-33H2,1-2H3/b11-9+,12-10+,16-15+/t34-,35-,36-,39+,40+,41?,42?,43?,44?,45-,46-/m1/s1. The Hall–Kier alpha value is -2.28. The maximum atomic E-state index is 12.9. The van der Waals surface area contributed by atoms with Crippen molar-refractivity contribution in [1.82, 2.24) is 0 Å². The minimum atomic E-state index is -1.77. The van der Waals surface area contributed by atoms with E-state index < -0.39 is 92.7 Å². The molecule has 0 bridgehead atoms. The summed E-state index contributed by atoms with van der Waals surface area (Å²) in [6.07, 6.45) is 16.2. The van der Waals surface area contributed by atoms with Gasteiger partial charge < -0.3 is 64.2 Å². The second-order valence-corrected chi connectivity index (χ2v) is 16.2. The first-order valence-corrected chi connectivity index (χ1v) is 23.1. The first-order chi connectivity index (χ1) is 29.5. The van der Waals surface area contributed by atoms with Crippen molar-refractivity contribution in [3.63, 3.8) is 0 Å². The van der Waals surface area contributed by atoms with Gasteiger partial charge in [-0.25, -0.2) is 0 Å². The van der Waals surface area contributed by atoms with Crippen LogP contribution in [0.4, 0.5) is 0 Å². The Morgan fingerprint density at radius 3 is 1.54 bits per heavy atom. The van der Waals surface area contributed by atoms with Crippen LogP contribution in [0.15, 0.2) is 36.5 Å². The lowest BCUT2D eigenvalue weighted by atomic mass is 9.98. The molecule has 4 unspecified atom stereocenters. The van der Waals surface area contributed by atoms with Crippen molar-refractivity contribution in [2.24, 2.45) is 0 Å². The number of aliphatic hydroxyl groups excluding tert-OH is 7. The Bertz CT molecular complexity index is 1210. The van der Waals surface area contributed by atoms with Gasteiger partial charge in [-0.1, -0.05) is 115 Å². The van der Waals surface area contributed by atoms with E-state index in [0.717, 1.165) is 83.5 Å². The minimum Gasteiger partial charge on any atom is -0.462 e. The zero-order valence-electron chi connectivity index (χ0n) is 36.9. The van der Waals surface area contributed by atoms with Gasteiger partial charge in [-0.05, 0) is 57.8 Å². The molecule has 354 valence electrons. The maximum absolute atomic E-state index is 12.9. The fraction of sp³-hybridized carbons (Fsp3) is 0.826. The van der Waals surface area contributed by atoms with Crippen molar-refractivity contribution in [1.29, 1.82) is 0 Å². The Labute approximate surface area is 364 Å². The molecular formula is C46H80O15. The fourth-order valence-corrected chi connectivity index (χ4v) is 6.92. The summed E-state index contributed by atoms with van der Waals surface area (Å²) >= 11 is 0. The molecule has 0 aromatic heterocycles. The topological polar surface area (TPSA) is 231 Å². The number of carbonyl (C=O) groups excluding carboxylic acids is 2. The zero-order valence-corrected chi connectivity index (χ0v) is 36.9. The molecule has 61 heavy (non-hydrogen) atoms. The third-order valence-electron chi connectivity index (χ3n) is 10.8. The second-order valence-electron chi connectivity index (χ2n) is 16.2. The van der Waals surface area contributed by atoms with E-state index in [1.54, 1.807) is 0 Å². The summed E-state index contributed by atoms with van der Waals surface area (Å²) < 4.78 is 33.4. The van der Waals surface area contributed by atoms with E-state index in [9.17, 15) is 45.3 Å². The third kappa shape index (κ3) is 23.3. The molecule has 0 aliphatic carbocycles. The molecule has 11 atom stereocenters. The van der Waals surface area contributed by atoms with Crippen LogP contribution in [0, 0.1) is 0 Å². The number of hydrogen-bond acceptors (Lipinski definition) is 15. The quantitative estimate of drug-likeness (QED) is 0.0257. The van der Waals surface area contributed by atoms with E-state index in [4.69, 9.17) is 28.4 Å². The van der Waals surface area contributed by atoms with E-state index in [2.05, 4.69) is 50.3 Å². The van der Waals surface area contributed by atoms with Crippen LogP contribution in [-0.4, -0.2) is 142 Å².